The van der Waals surface area contributed by atoms with Crippen LogP contribution in [-0.2, 0) is 0 Å². The van der Waals surface area contributed by atoms with E-state index in [1.54, 1.807) is 6.07 Å². The maximum absolute atomic E-state index is 12.1. The van der Waals surface area contributed by atoms with Crippen molar-refractivity contribution in [2.45, 2.75) is 32.8 Å². The van der Waals surface area contributed by atoms with Crippen LogP contribution in [0.1, 0.15) is 53.1 Å². The van der Waals surface area contributed by atoms with Crippen molar-refractivity contribution in [3.63, 3.8) is 0 Å². The van der Waals surface area contributed by atoms with E-state index >= 15 is 0 Å². The Morgan fingerprint density at radius 3 is 2.52 bits per heavy atom. The molecule has 112 valence electrons. The number of amides is 1. The standard InChI is InChI=1S/C17H21NO3/c1-11(2)14-8-9-21-16(14)17(20)18-10-15(19)13-6-4-12(3)5-7-13/h4-9,11,15,19H,10H2,1-3H3,(H,18,20)/t15-/m0/s1. The largest absolute Gasteiger partial charge is 0.459 e. The van der Waals surface area contributed by atoms with E-state index in [0.717, 1.165) is 16.7 Å². The lowest BCUT2D eigenvalue weighted by atomic mass is 10.0. The number of furan rings is 1. The fraction of sp³-hybridized carbons (Fsp3) is 0.353. The van der Waals surface area contributed by atoms with Crippen LogP contribution in [0.15, 0.2) is 41.0 Å². The summed E-state index contributed by atoms with van der Waals surface area (Å²) in [5.41, 5.74) is 2.79. The first-order valence-electron chi connectivity index (χ1n) is 7.09. The third-order valence-corrected chi connectivity index (χ3v) is 3.44. The Labute approximate surface area is 124 Å². The molecule has 0 spiro atoms. The van der Waals surface area contributed by atoms with E-state index in [0.29, 0.717) is 5.76 Å². The highest BCUT2D eigenvalue weighted by Crippen LogP contribution is 2.20. The van der Waals surface area contributed by atoms with Crippen molar-refractivity contribution in [3.05, 3.63) is 59.0 Å². The van der Waals surface area contributed by atoms with Gasteiger partial charge >= 0.3 is 0 Å². The lowest BCUT2D eigenvalue weighted by Crippen LogP contribution is -2.28. The van der Waals surface area contributed by atoms with Crippen LogP contribution in [0, 0.1) is 6.92 Å². The maximum Gasteiger partial charge on any atom is 0.287 e. The van der Waals surface area contributed by atoms with Gasteiger partial charge in [-0.25, -0.2) is 0 Å². The molecule has 0 fully saturated rings. The number of hydrogen-bond donors (Lipinski definition) is 2. The molecule has 0 aliphatic carbocycles. The van der Waals surface area contributed by atoms with Crippen LogP contribution in [0.4, 0.5) is 0 Å². The minimum Gasteiger partial charge on any atom is -0.459 e. The molecule has 1 amide bonds. The molecule has 1 atom stereocenters. The highest BCUT2D eigenvalue weighted by Gasteiger charge is 2.18. The average molecular weight is 287 g/mol. The van der Waals surface area contributed by atoms with Gasteiger partial charge in [0.1, 0.15) is 0 Å². The molecular formula is C17H21NO3. The first kappa shape index (κ1) is 15.3. The van der Waals surface area contributed by atoms with E-state index in [1.165, 1.54) is 6.26 Å². The summed E-state index contributed by atoms with van der Waals surface area (Å²) >= 11 is 0. The number of rotatable bonds is 5. The Balaban J connectivity index is 1.97. The third-order valence-electron chi connectivity index (χ3n) is 3.44. The topological polar surface area (TPSA) is 62.5 Å². The zero-order valence-corrected chi connectivity index (χ0v) is 12.6. The normalized spacial score (nSPS) is 12.4. The van der Waals surface area contributed by atoms with E-state index in [9.17, 15) is 9.90 Å². The Morgan fingerprint density at radius 2 is 1.90 bits per heavy atom. The van der Waals surface area contributed by atoms with Crippen molar-refractivity contribution in [1.82, 2.24) is 5.32 Å². The van der Waals surface area contributed by atoms with Crippen LogP contribution in [-0.4, -0.2) is 17.6 Å². The van der Waals surface area contributed by atoms with Crippen molar-refractivity contribution >= 4 is 5.91 Å². The Morgan fingerprint density at radius 1 is 1.24 bits per heavy atom. The molecule has 0 bridgehead atoms. The van der Waals surface area contributed by atoms with Gasteiger partial charge in [-0.1, -0.05) is 43.7 Å². The Kier molecular flexibility index (Phi) is 4.81. The zero-order valence-electron chi connectivity index (χ0n) is 12.6. The molecular weight excluding hydrogens is 266 g/mol. The summed E-state index contributed by atoms with van der Waals surface area (Å²) in [7, 11) is 0. The molecule has 2 N–H and O–H groups in total. The highest BCUT2D eigenvalue weighted by molar-refractivity contribution is 5.93. The Hall–Kier alpha value is -2.07. The molecule has 0 radical (unpaired) electrons. The quantitative estimate of drug-likeness (QED) is 0.888. The van der Waals surface area contributed by atoms with Gasteiger partial charge in [0.15, 0.2) is 5.76 Å². The third kappa shape index (κ3) is 3.73. The van der Waals surface area contributed by atoms with Crippen molar-refractivity contribution in [1.29, 1.82) is 0 Å². The number of hydrogen-bond acceptors (Lipinski definition) is 3. The number of carbonyl (C=O) groups is 1. The van der Waals surface area contributed by atoms with E-state index in [1.807, 2.05) is 45.0 Å². The smallest absolute Gasteiger partial charge is 0.287 e. The molecule has 0 aliphatic rings. The minimum absolute atomic E-state index is 0.153. The van der Waals surface area contributed by atoms with Crippen LogP contribution in [0.5, 0.6) is 0 Å². The first-order chi connectivity index (χ1) is 9.99. The SMILES string of the molecule is Cc1ccc([C@@H](O)CNC(=O)c2occc2C(C)C)cc1. The predicted molar refractivity (Wildman–Crippen MR) is 81.3 cm³/mol. The molecule has 1 aromatic carbocycles. The minimum atomic E-state index is -0.730. The molecule has 0 aliphatic heterocycles. The van der Waals surface area contributed by atoms with Gasteiger partial charge in [0, 0.05) is 12.1 Å². The molecule has 4 heteroatoms. The molecule has 4 nitrogen and oxygen atoms in total. The maximum atomic E-state index is 12.1. The van der Waals surface area contributed by atoms with Gasteiger partial charge in [-0.3, -0.25) is 4.79 Å². The van der Waals surface area contributed by atoms with Crippen LogP contribution in [0.25, 0.3) is 0 Å². The van der Waals surface area contributed by atoms with Crippen molar-refractivity contribution < 1.29 is 14.3 Å². The van der Waals surface area contributed by atoms with E-state index in [-0.39, 0.29) is 18.4 Å². The summed E-state index contributed by atoms with van der Waals surface area (Å²) in [5.74, 6) is 0.238. The number of carbonyl (C=O) groups excluding carboxylic acids is 1. The molecule has 0 saturated heterocycles. The summed E-state index contributed by atoms with van der Waals surface area (Å²) in [6.07, 6.45) is 0.785. The number of aliphatic hydroxyl groups is 1. The molecule has 21 heavy (non-hydrogen) atoms. The van der Waals surface area contributed by atoms with Gasteiger partial charge in [-0.05, 0) is 24.5 Å². The molecule has 2 aromatic rings. The number of nitrogens with one attached hydrogen (secondary N) is 1. The molecule has 0 unspecified atom stereocenters. The molecule has 0 saturated carbocycles. The second-order valence-electron chi connectivity index (χ2n) is 5.50. The van der Waals surface area contributed by atoms with Gasteiger partial charge < -0.3 is 14.8 Å². The van der Waals surface area contributed by atoms with Crippen LogP contribution < -0.4 is 5.32 Å². The van der Waals surface area contributed by atoms with Crippen molar-refractivity contribution in [3.8, 4) is 0 Å². The van der Waals surface area contributed by atoms with E-state index < -0.39 is 6.10 Å². The Bertz CT molecular complexity index is 599. The second kappa shape index (κ2) is 6.59. The fourth-order valence-electron chi connectivity index (χ4n) is 2.13. The molecule has 1 heterocycles. The van der Waals surface area contributed by atoms with Crippen LogP contribution >= 0.6 is 0 Å². The van der Waals surface area contributed by atoms with Gasteiger partial charge in [0.2, 0.25) is 0 Å². The summed E-state index contributed by atoms with van der Waals surface area (Å²) in [4.78, 5) is 12.1. The second-order valence-corrected chi connectivity index (χ2v) is 5.50. The predicted octanol–water partition coefficient (Wildman–Crippen LogP) is 3.17. The average Bonchev–Trinajstić information content (AvgIpc) is 2.95. The molecule has 1 aromatic heterocycles. The molecule has 2 rings (SSSR count). The summed E-state index contributed by atoms with van der Waals surface area (Å²) in [5, 5.41) is 12.8. The van der Waals surface area contributed by atoms with Crippen molar-refractivity contribution in [2.24, 2.45) is 0 Å². The summed E-state index contributed by atoms with van der Waals surface area (Å²) < 4.78 is 5.25. The van der Waals surface area contributed by atoms with Gasteiger partial charge in [0.25, 0.3) is 5.91 Å². The number of benzene rings is 1. The van der Waals surface area contributed by atoms with E-state index in [4.69, 9.17) is 4.42 Å². The number of aryl methyl sites for hydroxylation is 1. The zero-order chi connectivity index (χ0) is 15.4. The van der Waals surface area contributed by atoms with Gasteiger partial charge in [-0.2, -0.15) is 0 Å². The van der Waals surface area contributed by atoms with Crippen LogP contribution in [0.3, 0.4) is 0 Å². The monoisotopic (exact) mass is 287 g/mol. The fourth-order valence-corrected chi connectivity index (χ4v) is 2.13. The van der Waals surface area contributed by atoms with E-state index in [2.05, 4.69) is 5.32 Å². The summed E-state index contributed by atoms with van der Waals surface area (Å²) in [6, 6.07) is 9.39. The highest BCUT2D eigenvalue weighted by atomic mass is 16.3. The lowest BCUT2D eigenvalue weighted by molar-refractivity contribution is 0.0887. The van der Waals surface area contributed by atoms with Gasteiger partial charge in [-0.15, -0.1) is 0 Å². The van der Waals surface area contributed by atoms with Gasteiger partial charge in [0.05, 0.1) is 12.4 Å². The summed E-state index contributed by atoms with van der Waals surface area (Å²) in [6.45, 7) is 6.15. The number of aliphatic hydroxyl groups excluding tert-OH is 1. The lowest BCUT2D eigenvalue weighted by Gasteiger charge is -2.13. The first-order valence-corrected chi connectivity index (χ1v) is 7.09. The van der Waals surface area contributed by atoms with Crippen molar-refractivity contribution in [2.75, 3.05) is 6.54 Å². The van der Waals surface area contributed by atoms with Crippen LogP contribution in [0.2, 0.25) is 0 Å².